The molecule has 0 aliphatic carbocycles. The van der Waals surface area contributed by atoms with Gasteiger partial charge in [0.1, 0.15) is 5.82 Å². The zero-order chi connectivity index (χ0) is 17.9. The van der Waals surface area contributed by atoms with E-state index in [9.17, 15) is 24.1 Å². The number of rotatable bonds is 5. The van der Waals surface area contributed by atoms with E-state index < -0.39 is 28.6 Å². The number of Topliss-reactive ketones (excluding diaryl/α,β-unsaturated/α-hetero) is 1. The Morgan fingerprint density at radius 1 is 1.21 bits per heavy atom. The fraction of sp³-hybridized carbons (Fsp3) is 0.125. The van der Waals surface area contributed by atoms with Crippen molar-refractivity contribution in [2.75, 3.05) is 0 Å². The Bertz CT molecular complexity index is 807. The summed E-state index contributed by atoms with van der Waals surface area (Å²) in [6.45, 7) is 1.36. The van der Waals surface area contributed by atoms with Crippen LogP contribution >= 0.6 is 11.6 Å². The van der Waals surface area contributed by atoms with Crippen molar-refractivity contribution < 1.29 is 23.6 Å². The van der Waals surface area contributed by atoms with Gasteiger partial charge >= 0.3 is 5.97 Å². The molecule has 0 bridgehead atoms. The molecule has 2 aromatic carbocycles. The maximum atomic E-state index is 12.9. The van der Waals surface area contributed by atoms with E-state index in [1.54, 1.807) is 0 Å². The van der Waals surface area contributed by atoms with E-state index in [1.807, 2.05) is 0 Å². The lowest BCUT2D eigenvalue weighted by Crippen LogP contribution is -2.24. The van der Waals surface area contributed by atoms with E-state index in [0.29, 0.717) is 0 Å². The largest absolute Gasteiger partial charge is 0.451 e. The quantitative estimate of drug-likeness (QED) is 0.354. The molecule has 0 unspecified atom stereocenters. The third-order valence-corrected chi connectivity index (χ3v) is 3.48. The highest BCUT2D eigenvalue weighted by molar-refractivity contribution is 6.33. The molecule has 6 nitrogen and oxygen atoms in total. The number of non-ortho nitro benzene ring substituents is 1. The van der Waals surface area contributed by atoms with Gasteiger partial charge in [-0.15, -0.1) is 0 Å². The van der Waals surface area contributed by atoms with Gasteiger partial charge in [0, 0.05) is 17.7 Å². The lowest BCUT2D eigenvalue weighted by atomic mass is 10.1. The first-order chi connectivity index (χ1) is 11.3. The van der Waals surface area contributed by atoms with Crippen LogP contribution in [0.1, 0.15) is 27.6 Å². The maximum Gasteiger partial charge on any atom is 0.340 e. The zero-order valence-electron chi connectivity index (χ0n) is 12.4. The summed E-state index contributed by atoms with van der Waals surface area (Å²) in [4.78, 5) is 34.2. The Labute approximate surface area is 141 Å². The minimum Gasteiger partial charge on any atom is -0.451 e. The number of hydrogen-bond acceptors (Lipinski definition) is 5. The monoisotopic (exact) mass is 351 g/mol. The van der Waals surface area contributed by atoms with Gasteiger partial charge in [-0.1, -0.05) is 11.6 Å². The summed E-state index contributed by atoms with van der Waals surface area (Å²) < 4.78 is 17.9. The number of carbonyl (C=O) groups excluding carboxylic acids is 2. The van der Waals surface area contributed by atoms with Gasteiger partial charge in [-0.3, -0.25) is 14.9 Å². The van der Waals surface area contributed by atoms with Crippen molar-refractivity contribution in [3.63, 3.8) is 0 Å². The van der Waals surface area contributed by atoms with Crippen LogP contribution in [0, 0.1) is 15.9 Å². The number of ketones is 1. The van der Waals surface area contributed by atoms with Crippen molar-refractivity contribution in [1.82, 2.24) is 0 Å². The molecule has 1 atom stereocenters. The van der Waals surface area contributed by atoms with Crippen LogP contribution in [0.5, 0.6) is 0 Å². The van der Waals surface area contributed by atoms with E-state index in [2.05, 4.69) is 0 Å². The summed E-state index contributed by atoms with van der Waals surface area (Å²) in [6.07, 6.45) is -1.13. The molecular formula is C16H11ClFNO5. The maximum absolute atomic E-state index is 12.9. The summed E-state index contributed by atoms with van der Waals surface area (Å²) in [5, 5.41) is 10.5. The predicted octanol–water partition coefficient (Wildman–Crippen LogP) is 3.82. The third kappa shape index (κ3) is 3.94. The number of nitro groups is 1. The van der Waals surface area contributed by atoms with Crippen LogP contribution in [0.3, 0.4) is 0 Å². The van der Waals surface area contributed by atoms with Crippen molar-refractivity contribution in [3.8, 4) is 0 Å². The van der Waals surface area contributed by atoms with Gasteiger partial charge in [0.05, 0.1) is 15.5 Å². The van der Waals surface area contributed by atoms with Gasteiger partial charge < -0.3 is 4.74 Å². The number of nitro benzene ring substituents is 1. The lowest BCUT2D eigenvalue weighted by molar-refractivity contribution is -0.384. The first-order valence-corrected chi connectivity index (χ1v) is 7.12. The summed E-state index contributed by atoms with van der Waals surface area (Å²) in [5.41, 5.74) is -0.181. The van der Waals surface area contributed by atoms with Crippen molar-refractivity contribution in [1.29, 1.82) is 0 Å². The number of hydrogen-bond donors (Lipinski definition) is 0. The van der Waals surface area contributed by atoms with Gasteiger partial charge in [-0.05, 0) is 37.3 Å². The van der Waals surface area contributed by atoms with Crippen LogP contribution in [-0.4, -0.2) is 22.8 Å². The molecule has 8 heteroatoms. The molecule has 0 amide bonds. The molecule has 0 saturated heterocycles. The predicted molar refractivity (Wildman–Crippen MR) is 83.7 cm³/mol. The van der Waals surface area contributed by atoms with E-state index in [4.69, 9.17) is 16.3 Å². The van der Waals surface area contributed by atoms with Gasteiger partial charge in [-0.25, -0.2) is 9.18 Å². The lowest BCUT2D eigenvalue weighted by Gasteiger charge is -2.13. The molecule has 0 heterocycles. The SMILES string of the molecule is C[C@@H](OC(=O)c1ccc([N+](=O)[O-])cc1Cl)C(=O)c1ccc(F)cc1. The first kappa shape index (κ1) is 17.6. The van der Waals surface area contributed by atoms with Crippen molar-refractivity contribution in [2.24, 2.45) is 0 Å². The molecule has 0 fully saturated rings. The fourth-order valence-electron chi connectivity index (χ4n) is 1.91. The molecule has 0 N–H and O–H groups in total. The Morgan fingerprint density at radius 3 is 2.38 bits per heavy atom. The van der Waals surface area contributed by atoms with E-state index in [0.717, 1.165) is 30.3 Å². The van der Waals surface area contributed by atoms with Gasteiger partial charge in [0.15, 0.2) is 6.10 Å². The molecule has 0 aliphatic heterocycles. The van der Waals surface area contributed by atoms with Crippen LogP contribution in [0.25, 0.3) is 0 Å². The minimum absolute atomic E-state index is 0.0963. The molecule has 0 aliphatic rings. The zero-order valence-corrected chi connectivity index (χ0v) is 13.1. The number of carbonyl (C=O) groups is 2. The molecule has 0 saturated carbocycles. The van der Waals surface area contributed by atoms with Gasteiger partial charge in [0.25, 0.3) is 5.69 Å². The Hall–Kier alpha value is -2.80. The van der Waals surface area contributed by atoms with E-state index in [1.165, 1.54) is 19.1 Å². The van der Waals surface area contributed by atoms with Gasteiger partial charge in [-0.2, -0.15) is 0 Å². The number of esters is 1. The molecular weight excluding hydrogens is 341 g/mol. The standard InChI is InChI=1S/C16H11ClFNO5/c1-9(15(20)10-2-4-11(18)5-3-10)24-16(21)13-7-6-12(19(22)23)8-14(13)17/h2-9H,1H3/t9-/m1/s1. The van der Waals surface area contributed by atoms with Crippen LogP contribution in [-0.2, 0) is 4.74 Å². The van der Waals surface area contributed by atoms with Crippen molar-refractivity contribution >= 4 is 29.0 Å². The highest BCUT2D eigenvalue weighted by atomic mass is 35.5. The first-order valence-electron chi connectivity index (χ1n) is 6.74. The number of nitrogens with zero attached hydrogens (tertiary/aromatic N) is 1. The number of benzene rings is 2. The van der Waals surface area contributed by atoms with Crippen molar-refractivity contribution in [3.05, 3.63) is 74.5 Å². The fourth-order valence-corrected chi connectivity index (χ4v) is 2.16. The van der Waals surface area contributed by atoms with Crippen LogP contribution in [0.2, 0.25) is 5.02 Å². The molecule has 0 radical (unpaired) electrons. The highest BCUT2D eigenvalue weighted by Crippen LogP contribution is 2.23. The van der Waals surface area contributed by atoms with E-state index >= 15 is 0 Å². The highest BCUT2D eigenvalue weighted by Gasteiger charge is 2.22. The summed E-state index contributed by atoms with van der Waals surface area (Å²) >= 11 is 5.83. The smallest absolute Gasteiger partial charge is 0.340 e. The normalized spacial score (nSPS) is 11.6. The molecule has 124 valence electrons. The Morgan fingerprint density at radius 2 is 1.83 bits per heavy atom. The summed E-state index contributed by atoms with van der Waals surface area (Å²) in [5.74, 6) is -1.90. The average Bonchev–Trinajstić information content (AvgIpc) is 2.54. The second-order valence-electron chi connectivity index (χ2n) is 4.84. The van der Waals surface area contributed by atoms with Crippen LogP contribution in [0.15, 0.2) is 42.5 Å². The Balaban J connectivity index is 2.12. The Kier molecular flexibility index (Phi) is 5.25. The topological polar surface area (TPSA) is 86.5 Å². The van der Waals surface area contributed by atoms with Crippen LogP contribution in [0.4, 0.5) is 10.1 Å². The van der Waals surface area contributed by atoms with Gasteiger partial charge in [0.2, 0.25) is 5.78 Å². The molecule has 24 heavy (non-hydrogen) atoms. The second kappa shape index (κ2) is 7.18. The van der Waals surface area contributed by atoms with Crippen LogP contribution < -0.4 is 0 Å². The third-order valence-electron chi connectivity index (χ3n) is 3.17. The van der Waals surface area contributed by atoms with E-state index in [-0.39, 0.29) is 21.8 Å². The number of ether oxygens (including phenoxy) is 1. The summed E-state index contributed by atoms with van der Waals surface area (Å²) in [6, 6.07) is 8.07. The molecule has 2 rings (SSSR count). The minimum atomic E-state index is -1.13. The molecule has 0 aromatic heterocycles. The average molecular weight is 352 g/mol. The molecule has 2 aromatic rings. The molecule has 0 spiro atoms. The summed E-state index contributed by atoms with van der Waals surface area (Å²) in [7, 11) is 0. The number of halogens is 2. The second-order valence-corrected chi connectivity index (χ2v) is 5.25. The van der Waals surface area contributed by atoms with Crippen molar-refractivity contribution in [2.45, 2.75) is 13.0 Å².